The van der Waals surface area contributed by atoms with Gasteiger partial charge in [-0.15, -0.1) is 0 Å². The zero-order chi connectivity index (χ0) is 19.4. The first kappa shape index (κ1) is 19.9. The molecule has 27 heavy (non-hydrogen) atoms. The number of piperidine rings is 1. The number of nitrogens with one attached hydrogen (secondary N) is 1. The summed E-state index contributed by atoms with van der Waals surface area (Å²) in [7, 11) is 3.01. The molecular weight excluding hydrogens is 368 g/mol. The topological polar surface area (TPSA) is 80.7 Å². The molecule has 3 rings (SSSR count). The van der Waals surface area contributed by atoms with Crippen molar-refractivity contribution >= 4 is 28.5 Å². The van der Waals surface area contributed by atoms with Gasteiger partial charge in [-0.2, -0.15) is 0 Å². The summed E-state index contributed by atoms with van der Waals surface area (Å²) in [4.78, 5) is 16.4. The number of methoxy groups -OCH3 is 2. The number of pyridine rings is 1. The lowest BCUT2D eigenvalue weighted by molar-refractivity contribution is -0.148. The number of aromatic nitrogens is 1. The Bertz CT molecular complexity index is 814. The molecule has 1 saturated heterocycles. The third kappa shape index (κ3) is 4.34. The number of benzene rings is 1. The number of rotatable bonds is 6. The van der Waals surface area contributed by atoms with Crippen LogP contribution in [-0.4, -0.2) is 43.4 Å². The number of hydrogen-bond acceptors (Lipinski definition) is 6. The van der Waals surface area contributed by atoms with Crippen molar-refractivity contribution in [3.05, 3.63) is 35.0 Å². The molecule has 0 spiro atoms. The van der Waals surface area contributed by atoms with E-state index in [2.05, 4.69) is 10.3 Å². The molecule has 1 aromatic carbocycles. The van der Waals surface area contributed by atoms with Crippen LogP contribution in [0.1, 0.15) is 30.9 Å². The lowest BCUT2D eigenvalue weighted by atomic mass is 9.82. The molecule has 146 valence electrons. The van der Waals surface area contributed by atoms with Crippen LogP contribution >= 0.6 is 11.6 Å². The standard InChI is InChI=1S/C20H25ClN2O4/c1-26-13-4-5-17-14(9-13)19(16(21)11-23-17)18(24)6-3-12-7-8-22-10-15(12)20(25)27-2/h4-5,9,11-12,15,18,22,24H,3,6-8,10H2,1-2H3. The first-order valence-corrected chi connectivity index (χ1v) is 9.51. The summed E-state index contributed by atoms with van der Waals surface area (Å²) in [5.74, 6) is 0.485. The number of aliphatic hydroxyl groups is 1. The Kier molecular flexibility index (Phi) is 6.52. The molecule has 6 nitrogen and oxygen atoms in total. The van der Waals surface area contributed by atoms with Crippen molar-refractivity contribution < 1.29 is 19.4 Å². The van der Waals surface area contributed by atoms with Gasteiger partial charge in [0.15, 0.2) is 0 Å². The summed E-state index contributed by atoms with van der Waals surface area (Å²) in [6.07, 6.45) is 2.92. The van der Waals surface area contributed by atoms with Gasteiger partial charge in [0.25, 0.3) is 0 Å². The zero-order valence-electron chi connectivity index (χ0n) is 15.6. The maximum Gasteiger partial charge on any atom is 0.310 e. The minimum absolute atomic E-state index is 0.176. The minimum Gasteiger partial charge on any atom is -0.497 e. The molecule has 3 atom stereocenters. The fourth-order valence-corrected chi connectivity index (χ4v) is 4.11. The van der Waals surface area contributed by atoms with Crippen LogP contribution in [0.5, 0.6) is 5.75 Å². The van der Waals surface area contributed by atoms with Gasteiger partial charge in [0.2, 0.25) is 0 Å². The van der Waals surface area contributed by atoms with Gasteiger partial charge in [0, 0.05) is 23.7 Å². The van der Waals surface area contributed by atoms with E-state index in [9.17, 15) is 9.90 Å². The van der Waals surface area contributed by atoms with E-state index >= 15 is 0 Å². The summed E-state index contributed by atoms with van der Waals surface area (Å²) in [6, 6.07) is 5.52. The Morgan fingerprint density at radius 1 is 1.44 bits per heavy atom. The third-order valence-electron chi connectivity index (χ3n) is 5.34. The molecule has 3 unspecified atom stereocenters. The minimum atomic E-state index is -0.747. The fourth-order valence-electron chi connectivity index (χ4n) is 3.84. The molecule has 1 aromatic heterocycles. The second kappa shape index (κ2) is 8.87. The molecule has 1 aliphatic rings. The molecule has 2 heterocycles. The van der Waals surface area contributed by atoms with E-state index in [1.807, 2.05) is 18.2 Å². The first-order chi connectivity index (χ1) is 13.0. The number of carbonyl (C=O) groups excluding carboxylic acids is 1. The Morgan fingerprint density at radius 3 is 3.00 bits per heavy atom. The largest absolute Gasteiger partial charge is 0.497 e. The Labute approximate surface area is 163 Å². The Morgan fingerprint density at radius 2 is 2.26 bits per heavy atom. The van der Waals surface area contributed by atoms with E-state index in [0.29, 0.717) is 35.7 Å². The Balaban J connectivity index is 1.80. The monoisotopic (exact) mass is 392 g/mol. The van der Waals surface area contributed by atoms with Gasteiger partial charge in [-0.3, -0.25) is 9.78 Å². The van der Waals surface area contributed by atoms with Gasteiger partial charge in [0.05, 0.1) is 36.8 Å². The number of nitrogens with zero attached hydrogens (tertiary/aromatic N) is 1. The molecule has 2 aromatic rings. The van der Waals surface area contributed by atoms with Gasteiger partial charge < -0.3 is 19.9 Å². The molecule has 0 saturated carbocycles. The van der Waals surface area contributed by atoms with E-state index in [4.69, 9.17) is 21.1 Å². The molecule has 0 aliphatic carbocycles. The molecule has 1 fully saturated rings. The number of fused-ring (bicyclic) bond motifs is 1. The lowest BCUT2D eigenvalue weighted by Crippen LogP contribution is -2.41. The van der Waals surface area contributed by atoms with Gasteiger partial charge in [0.1, 0.15) is 5.75 Å². The second-order valence-electron chi connectivity index (χ2n) is 6.88. The summed E-state index contributed by atoms with van der Waals surface area (Å²) in [5, 5.41) is 15.3. The molecule has 1 aliphatic heterocycles. The smallest absolute Gasteiger partial charge is 0.310 e. The number of esters is 1. The number of halogens is 1. The van der Waals surface area contributed by atoms with E-state index in [1.54, 1.807) is 13.3 Å². The highest BCUT2D eigenvalue weighted by Crippen LogP contribution is 2.36. The van der Waals surface area contributed by atoms with Gasteiger partial charge >= 0.3 is 5.97 Å². The number of carbonyl (C=O) groups is 1. The van der Waals surface area contributed by atoms with Crippen LogP contribution < -0.4 is 10.1 Å². The van der Waals surface area contributed by atoms with Crippen molar-refractivity contribution in [3.63, 3.8) is 0 Å². The van der Waals surface area contributed by atoms with Gasteiger partial charge in [-0.25, -0.2) is 0 Å². The van der Waals surface area contributed by atoms with Crippen LogP contribution in [0.15, 0.2) is 24.4 Å². The molecule has 0 radical (unpaired) electrons. The van der Waals surface area contributed by atoms with Crippen LogP contribution in [-0.2, 0) is 9.53 Å². The Hall–Kier alpha value is -1.89. The number of aliphatic hydroxyl groups excluding tert-OH is 1. The van der Waals surface area contributed by atoms with Crippen LogP contribution in [0.3, 0.4) is 0 Å². The van der Waals surface area contributed by atoms with Crippen LogP contribution in [0.4, 0.5) is 0 Å². The molecule has 0 amide bonds. The molecule has 2 N–H and O–H groups in total. The summed E-state index contributed by atoms with van der Waals surface area (Å²) >= 11 is 6.37. The zero-order valence-corrected chi connectivity index (χ0v) is 16.3. The normalized spacial score (nSPS) is 21.0. The van der Waals surface area contributed by atoms with Crippen molar-refractivity contribution in [2.45, 2.75) is 25.4 Å². The van der Waals surface area contributed by atoms with Crippen LogP contribution in [0.25, 0.3) is 10.9 Å². The predicted molar refractivity (Wildman–Crippen MR) is 104 cm³/mol. The van der Waals surface area contributed by atoms with Crippen molar-refractivity contribution in [1.29, 1.82) is 0 Å². The number of hydrogen-bond donors (Lipinski definition) is 2. The predicted octanol–water partition coefficient (Wildman–Crippen LogP) is 3.11. The van der Waals surface area contributed by atoms with Gasteiger partial charge in [-0.05, 0) is 49.9 Å². The van der Waals surface area contributed by atoms with Crippen molar-refractivity contribution in [1.82, 2.24) is 10.3 Å². The van der Waals surface area contributed by atoms with Crippen molar-refractivity contribution in [2.75, 3.05) is 27.3 Å². The van der Waals surface area contributed by atoms with Crippen molar-refractivity contribution in [2.24, 2.45) is 11.8 Å². The molecule has 7 heteroatoms. The highest BCUT2D eigenvalue weighted by molar-refractivity contribution is 6.32. The maximum absolute atomic E-state index is 12.0. The van der Waals surface area contributed by atoms with E-state index in [-0.39, 0.29) is 17.8 Å². The summed E-state index contributed by atoms with van der Waals surface area (Å²) in [6.45, 7) is 1.48. The van der Waals surface area contributed by atoms with Gasteiger partial charge in [-0.1, -0.05) is 11.6 Å². The SMILES string of the molecule is COC(=O)C1CNCCC1CCC(O)c1c(Cl)cnc2ccc(OC)cc12. The second-order valence-corrected chi connectivity index (χ2v) is 7.29. The quantitative estimate of drug-likeness (QED) is 0.735. The average Bonchev–Trinajstić information content (AvgIpc) is 2.71. The molecular formula is C20H25ClN2O4. The molecule has 0 bridgehead atoms. The highest BCUT2D eigenvalue weighted by atomic mass is 35.5. The summed E-state index contributed by atoms with van der Waals surface area (Å²) in [5.41, 5.74) is 1.41. The van der Waals surface area contributed by atoms with E-state index in [0.717, 1.165) is 23.9 Å². The third-order valence-corrected chi connectivity index (χ3v) is 5.64. The van der Waals surface area contributed by atoms with Crippen molar-refractivity contribution in [3.8, 4) is 5.75 Å². The first-order valence-electron chi connectivity index (χ1n) is 9.14. The fraction of sp³-hybridized carbons (Fsp3) is 0.500. The van der Waals surface area contributed by atoms with E-state index in [1.165, 1.54) is 7.11 Å². The maximum atomic E-state index is 12.0. The number of ether oxygens (including phenoxy) is 2. The lowest BCUT2D eigenvalue weighted by Gasteiger charge is -2.31. The average molecular weight is 393 g/mol. The van der Waals surface area contributed by atoms with Crippen LogP contribution in [0, 0.1) is 11.8 Å². The van der Waals surface area contributed by atoms with Crippen LogP contribution in [0.2, 0.25) is 5.02 Å². The summed E-state index contributed by atoms with van der Waals surface area (Å²) < 4.78 is 10.2. The highest BCUT2D eigenvalue weighted by Gasteiger charge is 2.32. The van der Waals surface area contributed by atoms with E-state index < -0.39 is 6.10 Å².